The maximum Gasteiger partial charge on any atom is 0.220 e. The lowest BCUT2D eigenvalue weighted by atomic mass is 10.0. The number of aromatic nitrogens is 2. The average Bonchev–Trinajstić information content (AvgIpc) is 3.25. The third-order valence-electron chi connectivity index (χ3n) is 5.23. The minimum absolute atomic E-state index is 0.0746. The predicted molar refractivity (Wildman–Crippen MR) is 117 cm³/mol. The van der Waals surface area contributed by atoms with Gasteiger partial charge < -0.3 is 5.32 Å². The number of nitrogens with one attached hydrogen (secondary N) is 1. The van der Waals surface area contributed by atoms with Crippen molar-refractivity contribution in [3.8, 4) is 5.69 Å². The Balaban J connectivity index is 1.54. The van der Waals surface area contributed by atoms with Crippen LogP contribution in [0, 0.1) is 0 Å². The molecule has 1 N–H and O–H groups in total. The van der Waals surface area contributed by atoms with Gasteiger partial charge in [-0.05, 0) is 42.8 Å². The van der Waals surface area contributed by atoms with Gasteiger partial charge in [0.15, 0.2) is 0 Å². The van der Waals surface area contributed by atoms with Crippen LogP contribution in [-0.2, 0) is 11.2 Å². The zero-order valence-electron chi connectivity index (χ0n) is 17.3. The second kappa shape index (κ2) is 10.6. The molecule has 0 aliphatic rings. The number of para-hydroxylation sites is 1. The van der Waals surface area contributed by atoms with Crippen LogP contribution in [0.5, 0.6) is 0 Å². The van der Waals surface area contributed by atoms with E-state index in [4.69, 9.17) is 0 Å². The molecule has 5 heteroatoms. The summed E-state index contributed by atoms with van der Waals surface area (Å²) in [5, 5.41) is 7.53. The van der Waals surface area contributed by atoms with Gasteiger partial charge in [0.05, 0.1) is 17.9 Å². The summed E-state index contributed by atoms with van der Waals surface area (Å²) in [5.74, 6) is 0.0746. The van der Waals surface area contributed by atoms with Gasteiger partial charge in [0.1, 0.15) is 0 Å². The monoisotopic (exact) mass is 390 g/mol. The molecule has 0 unspecified atom stereocenters. The lowest BCUT2D eigenvalue weighted by molar-refractivity contribution is -0.121. The molecule has 29 heavy (non-hydrogen) atoms. The van der Waals surface area contributed by atoms with Crippen molar-refractivity contribution < 1.29 is 4.79 Å². The molecule has 0 saturated carbocycles. The van der Waals surface area contributed by atoms with E-state index in [1.165, 1.54) is 5.56 Å². The first-order valence-corrected chi connectivity index (χ1v) is 10.4. The van der Waals surface area contributed by atoms with Gasteiger partial charge in [-0.25, -0.2) is 4.68 Å². The molecule has 5 nitrogen and oxygen atoms in total. The summed E-state index contributed by atoms with van der Waals surface area (Å²) in [6.45, 7) is 6.83. The Hall–Kier alpha value is -2.92. The van der Waals surface area contributed by atoms with Crippen LogP contribution in [-0.4, -0.2) is 40.2 Å². The molecule has 0 bridgehead atoms. The minimum Gasteiger partial charge on any atom is -0.354 e. The number of carbonyl (C=O) groups is 1. The SMILES string of the molecule is CCN(CC)[C@H](CNC(=O)CCc1cnn(-c2ccccc2)c1)c1ccccc1. The van der Waals surface area contributed by atoms with E-state index < -0.39 is 0 Å². The quantitative estimate of drug-likeness (QED) is 0.569. The molecular weight excluding hydrogens is 360 g/mol. The second-order valence-corrected chi connectivity index (χ2v) is 7.08. The normalized spacial score (nSPS) is 12.1. The van der Waals surface area contributed by atoms with E-state index in [1.54, 1.807) is 0 Å². The third-order valence-corrected chi connectivity index (χ3v) is 5.23. The highest BCUT2D eigenvalue weighted by Gasteiger charge is 2.18. The summed E-state index contributed by atoms with van der Waals surface area (Å²) >= 11 is 0. The largest absolute Gasteiger partial charge is 0.354 e. The van der Waals surface area contributed by atoms with E-state index >= 15 is 0 Å². The Morgan fingerprint density at radius 3 is 2.34 bits per heavy atom. The van der Waals surface area contributed by atoms with Crippen LogP contribution in [0.4, 0.5) is 0 Å². The number of likely N-dealkylation sites (N-methyl/N-ethyl adjacent to an activating group) is 1. The summed E-state index contributed by atoms with van der Waals surface area (Å²) in [6, 6.07) is 20.6. The molecule has 0 aliphatic carbocycles. The van der Waals surface area contributed by atoms with Gasteiger partial charge in [-0.3, -0.25) is 9.69 Å². The van der Waals surface area contributed by atoms with E-state index in [0.29, 0.717) is 19.4 Å². The fourth-order valence-electron chi connectivity index (χ4n) is 3.57. The predicted octanol–water partition coefficient (Wildman–Crippen LogP) is 4.00. The molecule has 1 amide bonds. The molecule has 1 heterocycles. The molecular formula is C24H30N4O. The molecule has 3 aromatic rings. The van der Waals surface area contributed by atoms with Gasteiger partial charge in [-0.15, -0.1) is 0 Å². The topological polar surface area (TPSA) is 50.2 Å². The van der Waals surface area contributed by atoms with Gasteiger partial charge in [-0.2, -0.15) is 5.10 Å². The summed E-state index contributed by atoms with van der Waals surface area (Å²) in [7, 11) is 0. The zero-order chi connectivity index (χ0) is 20.5. The van der Waals surface area contributed by atoms with Crippen molar-refractivity contribution in [1.82, 2.24) is 20.0 Å². The molecule has 0 saturated heterocycles. The molecule has 152 valence electrons. The van der Waals surface area contributed by atoms with Crippen LogP contribution < -0.4 is 5.32 Å². The smallest absolute Gasteiger partial charge is 0.220 e. The van der Waals surface area contributed by atoms with Crippen LogP contribution in [0.2, 0.25) is 0 Å². The highest BCUT2D eigenvalue weighted by Crippen LogP contribution is 2.19. The van der Waals surface area contributed by atoms with Crippen LogP contribution in [0.1, 0.15) is 37.4 Å². The molecule has 2 aromatic carbocycles. The van der Waals surface area contributed by atoms with Crippen LogP contribution in [0.3, 0.4) is 0 Å². The number of hydrogen-bond donors (Lipinski definition) is 1. The summed E-state index contributed by atoms with van der Waals surface area (Å²) < 4.78 is 1.85. The number of aryl methyl sites for hydroxylation is 1. The summed E-state index contributed by atoms with van der Waals surface area (Å²) in [4.78, 5) is 14.8. The molecule has 3 rings (SSSR count). The lowest BCUT2D eigenvalue weighted by Crippen LogP contribution is -2.38. The van der Waals surface area contributed by atoms with Crippen LogP contribution >= 0.6 is 0 Å². The fraction of sp³-hybridized carbons (Fsp3) is 0.333. The number of hydrogen-bond acceptors (Lipinski definition) is 3. The van der Waals surface area contributed by atoms with Gasteiger partial charge in [-0.1, -0.05) is 62.4 Å². The molecule has 0 spiro atoms. The Labute approximate surface area is 173 Å². The molecule has 0 radical (unpaired) electrons. The van der Waals surface area contributed by atoms with Crippen molar-refractivity contribution in [3.63, 3.8) is 0 Å². The zero-order valence-corrected chi connectivity index (χ0v) is 17.3. The Morgan fingerprint density at radius 1 is 1.03 bits per heavy atom. The van der Waals surface area contributed by atoms with E-state index in [9.17, 15) is 4.79 Å². The van der Waals surface area contributed by atoms with E-state index in [1.807, 2.05) is 53.5 Å². The van der Waals surface area contributed by atoms with Gasteiger partial charge in [0, 0.05) is 19.2 Å². The Bertz CT molecular complexity index is 872. The maximum atomic E-state index is 12.5. The highest BCUT2D eigenvalue weighted by atomic mass is 16.1. The van der Waals surface area contributed by atoms with Crippen LogP contribution in [0.25, 0.3) is 5.69 Å². The number of benzene rings is 2. The number of rotatable bonds is 10. The van der Waals surface area contributed by atoms with E-state index in [0.717, 1.165) is 24.3 Å². The average molecular weight is 391 g/mol. The van der Waals surface area contributed by atoms with E-state index in [-0.39, 0.29) is 11.9 Å². The van der Waals surface area contributed by atoms with Crippen LogP contribution in [0.15, 0.2) is 73.1 Å². The lowest BCUT2D eigenvalue weighted by Gasteiger charge is -2.30. The van der Waals surface area contributed by atoms with Crippen molar-refractivity contribution in [2.24, 2.45) is 0 Å². The molecule has 0 aliphatic heterocycles. The Morgan fingerprint density at radius 2 is 1.69 bits per heavy atom. The van der Waals surface area contributed by atoms with Crippen molar-refractivity contribution >= 4 is 5.91 Å². The van der Waals surface area contributed by atoms with Crippen molar-refractivity contribution in [3.05, 3.63) is 84.2 Å². The van der Waals surface area contributed by atoms with Gasteiger partial charge in [0.25, 0.3) is 0 Å². The first-order valence-electron chi connectivity index (χ1n) is 10.4. The molecule has 0 fully saturated rings. The molecule has 1 aromatic heterocycles. The summed E-state index contributed by atoms with van der Waals surface area (Å²) in [6.07, 6.45) is 4.97. The van der Waals surface area contributed by atoms with Gasteiger partial charge in [0.2, 0.25) is 5.91 Å². The third kappa shape index (κ3) is 5.78. The maximum absolute atomic E-state index is 12.5. The van der Waals surface area contributed by atoms with Crippen molar-refractivity contribution in [2.45, 2.75) is 32.7 Å². The summed E-state index contributed by atoms with van der Waals surface area (Å²) in [5.41, 5.74) is 3.32. The second-order valence-electron chi connectivity index (χ2n) is 7.08. The standard InChI is InChI=1S/C24H30N4O/c1-3-27(4-2)23(21-11-7-5-8-12-21)18-25-24(29)16-15-20-17-26-28(19-20)22-13-9-6-10-14-22/h5-14,17,19,23H,3-4,15-16,18H2,1-2H3,(H,25,29)/t23-/m1/s1. The van der Waals surface area contributed by atoms with Crippen molar-refractivity contribution in [1.29, 1.82) is 0 Å². The fourth-order valence-corrected chi connectivity index (χ4v) is 3.57. The first-order chi connectivity index (χ1) is 14.2. The first kappa shape index (κ1) is 20.8. The molecule has 1 atom stereocenters. The number of amides is 1. The Kier molecular flexibility index (Phi) is 7.59. The number of carbonyl (C=O) groups excluding carboxylic acids is 1. The minimum atomic E-state index is 0.0746. The number of nitrogens with zero attached hydrogens (tertiary/aromatic N) is 3. The van der Waals surface area contributed by atoms with Crippen molar-refractivity contribution in [2.75, 3.05) is 19.6 Å². The van der Waals surface area contributed by atoms with Gasteiger partial charge >= 0.3 is 0 Å². The van der Waals surface area contributed by atoms with E-state index in [2.05, 4.69) is 53.4 Å². The highest BCUT2D eigenvalue weighted by molar-refractivity contribution is 5.76.